The lowest BCUT2D eigenvalue weighted by Gasteiger charge is -2.23. The first kappa shape index (κ1) is 11.5. The second kappa shape index (κ2) is 4.59. The largest absolute Gasteiger partial charge is 0.374 e. The molecule has 96 valence electrons. The van der Waals surface area contributed by atoms with Crippen molar-refractivity contribution in [2.75, 3.05) is 19.7 Å². The van der Waals surface area contributed by atoms with Crippen molar-refractivity contribution in [3.05, 3.63) is 34.7 Å². The molecule has 0 bridgehead atoms. The molecular formula is C13H17N3O2. The normalized spacial score (nSPS) is 20.4. The lowest BCUT2D eigenvalue weighted by molar-refractivity contribution is 0.0183. The second-order valence-corrected chi connectivity index (χ2v) is 4.64. The number of nitrogens with one attached hydrogen (secondary N) is 1. The molecule has 1 aliphatic heterocycles. The zero-order chi connectivity index (χ0) is 12.5. The Labute approximate surface area is 105 Å². The van der Waals surface area contributed by atoms with Crippen molar-refractivity contribution in [1.29, 1.82) is 0 Å². The molecule has 1 N–H and O–H groups in total. The smallest absolute Gasteiger partial charge is 0.328 e. The van der Waals surface area contributed by atoms with E-state index >= 15 is 0 Å². The Morgan fingerprint density at radius 2 is 2.17 bits per heavy atom. The molecular weight excluding hydrogens is 230 g/mol. The van der Waals surface area contributed by atoms with E-state index in [1.807, 2.05) is 24.3 Å². The molecule has 3 rings (SSSR count). The number of hydrogen-bond donors (Lipinski definition) is 1. The minimum absolute atomic E-state index is 0.0189. The molecule has 1 atom stereocenters. The Hall–Kier alpha value is -1.59. The number of imidazole rings is 1. The molecule has 1 fully saturated rings. The third-order valence-electron chi connectivity index (χ3n) is 3.44. The van der Waals surface area contributed by atoms with Crippen molar-refractivity contribution in [2.45, 2.75) is 12.6 Å². The van der Waals surface area contributed by atoms with Crippen LogP contribution in [0.3, 0.4) is 0 Å². The predicted octanol–water partition coefficient (Wildman–Crippen LogP) is 0.328. The second-order valence-electron chi connectivity index (χ2n) is 4.64. The number of hydrogen-bond acceptors (Lipinski definition) is 3. The molecule has 18 heavy (non-hydrogen) atoms. The number of aromatic nitrogens is 2. The summed E-state index contributed by atoms with van der Waals surface area (Å²) in [5.41, 5.74) is 1.95. The van der Waals surface area contributed by atoms with Crippen LogP contribution in [0, 0.1) is 0 Å². The van der Waals surface area contributed by atoms with E-state index in [9.17, 15) is 4.79 Å². The van der Waals surface area contributed by atoms with Crippen LogP contribution in [-0.2, 0) is 18.3 Å². The summed E-state index contributed by atoms with van der Waals surface area (Å²) in [5.74, 6) is 0. The summed E-state index contributed by atoms with van der Waals surface area (Å²) in [4.78, 5) is 12.2. The van der Waals surface area contributed by atoms with E-state index in [1.54, 1.807) is 16.2 Å². The standard InChI is InChI=1S/C13H17N3O2/c1-15-11-4-2-3-5-12(11)16(13(15)17)9-10-8-14-6-7-18-10/h2-5,10,14H,6-9H2,1H3. The summed E-state index contributed by atoms with van der Waals surface area (Å²) >= 11 is 0. The molecule has 5 nitrogen and oxygen atoms in total. The highest BCUT2D eigenvalue weighted by molar-refractivity contribution is 5.75. The molecule has 1 aliphatic rings. The fraction of sp³-hybridized carbons (Fsp3) is 0.462. The number of aryl methyl sites for hydroxylation is 1. The average molecular weight is 247 g/mol. The number of ether oxygens (including phenoxy) is 1. The molecule has 0 spiro atoms. The van der Waals surface area contributed by atoms with Gasteiger partial charge in [0.25, 0.3) is 0 Å². The Morgan fingerprint density at radius 1 is 1.39 bits per heavy atom. The third-order valence-corrected chi connectivity index (χ3v) is 3.44. The lowest BCUT2D eigenvalue weighted by Crippen LogP contribution is -2.42. The van der Waals surface area contributed by atoms with Crippen LogP contribution < -0.4 is 11.0 Å². The molecule has 0 saturated carbocycles. The Balaban J connectivity index is 2.00. The number of benzene rings is 1. The van der Waals surface area contributed by atoms with Gasteiger partial charge >= 0.3 is 5.69 Å². The third kappa shape index (κ3) is 1.85. The zero-order valence-electron chi connectivity index (χ0n) is 10.4. The summed E-state index contributed by atoms with van der Waals surface area (Å²) < 4.78 is 9.15. The Kier molecular flexibility index (Phi) is 2.93. The van der Waals surface area contributed by atoms with Crippen molar-refractivity contribution in [1.82, 2.24) is 14.5 Å². The van der Waals surface area contributed by atoms with Gasteiger partial charge in [0.15, 0.2) is 0 Å². The van der Waals surface area contributed by atoms with Gasteiger partial charge in [0, 0.05) is 20.1 Å². The number of nitrogens with zero attached hydrogens (tertiary/aromatic N) is 2. The first-order valence-electron chi connectivity index (χ1n) is 6.24. The number of morpholine rings is 1. The first-order valence-corrected chi connectivity index (χ1v) is 6.24. The zero-order valence-corrected chi connectivity index (χ0v) is 10.4. The Morgan fingerprint density at radius 3 is 2.89 bits per heavy atom. The maximum Gasteiger partial charge on any atom is 0.328 e. The minimum atomic E-state index is 0.0189. The Bertz CT molecular complexity index is 608. The molecule has 2 aromatic rings. The van der Waals surface area contributed by atoms with Crippen LogP contribution in [0.4, 0.5) is 0 Å². The van der Waals surface area contributed by atoms with Crippen molar-refractivity contribution in [2.24, 2.45) is 7.05 Å². The van der Waals surface area contributed by atoms with Gasteiger partial charge in [0.05, 0.1) is 30.3 Å². The van der Waals surface area contributed by atoms with Gasteiger partial charge in [0.1, 0.15) is 0 Å². The van der Waals surface area contributed by atoms with Gasteiger partial charge in [0.2, 0.25) is 0 Å². The molecule has 0 amide bonds. The topological polar surface area (TPSA) is 48.2 Å². The predicted molar refractivity (Wildman–Crippen MR) is 69.8 cm³/mol. The minimum Gasteiger partial charge on any atom is -0.374 e. The van der Waals surface area contributed by atoms with Gasteiger partial charge in [-0.05, 0) is 12.1 Å². The van der Waals surface area contributed by atoms with Crippen LogP contribution in [0.2, 0.25) is 0 Å². The van der Waals surface area contributed by atoms with E-state index in [2.05, 4.69) is 5.32 Å². The highest BCUT2D eigenvalue weighted by Gasteiger charge is 2.17. The van der Waals surface area contributed by atoms with Crippen LogP contribution >= 0.6 is 0 Å². The average Bonchev–Trinajstić information content (AvgIpc) is 2.66. The maximum atomic E-state index is 12.2. The molecule has 1 aromatic carbocycles. The van der Waals surface area contributed by atoms with Crippen molar-refractivity contribution >= 4 is 11.0 Å². The molecule has 1 aromatic heterocycles. The SMILES string of the molecule is Cn1c(=O)n(CC2CNCCO2)c2ccccc21. The monoisotopic (exact) mass is 247 g/mol. The van der Waals surface area contributed by atoms with Crippen LogP contribution in [0.1, 0.15) is 0 Å². The van der Waals surface area contributed by atoms with Crippen LogP contribution in [0.5, 0.6) is 0 Å². The lowest BCUT2D eigenvalue weighted by atomic mass is 10.3. The van der Waals surface area contributed by atoms with E-state index in [-0.39, 0.29) is 11.8 Å². The molecule has 5 heteroatoms. The number of para-hydroxylation sites is 2. The van der Waals surface area contributed by atoms with E-state index in [0.717, 1.165) is 24.1 Å². The summed E-state index contributed by atoms with van der Waals surface area (Å²) in [6, 6.07) is 7.85. The quantitative estimate of drug-likeness (QED) is 0.832. The van der Waals surface area contributed by atoms with Gasteiger partial charge in [-0.3, -0.25) is 9.13 Å². The van der Waals surface area contributed by atoms with Crippen LogP contribution in [-0.4, -0.2) is 34.9 Å². The van der Waals surface area contributed by atoms with Gasteiger partial charge in [-0.25, -0.2) is 4.79 Å². The summed E-state index contributed by atoms with van der Waals surface area (Å²) in [5, 5.41) is 3.28. The number of rotatable bonds is 2. The summed E-state index contributed by atoms with van der Waals surface area (Å²) in [6.07, 6.45) is 0.0715. The van der Waals surface area contributed by atoms with Gasteiger partial charge in [-0.1, -0.05) is 12.1 Å². The highest BCUT2D eigenvalue weighted by atomic mass is 16.5. The molecule has 2 heterocycles. The number of fused-ring (bicyclic) bond motifs is 1. The van der Waals surface area contributed by atoms with Crippen molar-refractivity contribution in [3.8, 4) is 0 Å². The van der Waals surface area contributed by atoms with Crippen LogP contribution in [0.25, 0.3) is 11.0 Å². The van der Waals surface area contributed by atoms with E-state index in [0.29, 0.717) is 13.2 Å². The molecule has 0 radical (unpaired) electrons. The van der Waals surface area contributed by atoms with E-state index < -0.39 is 0 Å². The van der Waals surface area contributed by atoms with Crippen LogP contribution in [0.15, 0.2) is 29.1 Å². The highest BCUT2D eigenvalue weighted by Crippen LogP contribution is 2.12. The molecule has 1 saturated heterocycles. The van der Waals surface area contributed by atoms with Gasteiger partial charge < -0.3 is 10.1 Å². The summed E-state index contributed by atoms with van der Waals surface area (Å²) in [7, 11) is 1.81. The fourth-order valence-electron chi connectivity index (χ4n) is 2.48. The fourth-order valence-corrected chi connectivity index (χ4v) is 2.48. The maximum absolute atomic E-state index is 12.2. The molecule has 1 unspecified atom stereocenters. The van der Waals surface area contributed by atoms with Crippen molar-refractivity contribution in [3.63, 3.8) is 0 Å². The van der Waals surface area contributed by atoms with E-state index in [4.69, 9.17) is 4.74 Å². The summed E-state index contributed by atoms with van der Waals surface area (Å²) in [6.45, 7) is 3.01. The van der Waals surface area contributed by atoms with Gasteiger partial charge in [-0.15, -0.1) is 0 Å². The van der Waals surface area contributed by atoms with Gasteiger partial charge in [-0.2, -0.15) is 0 Å². The van der Waals surface area contributed by atoms with Crippen molar-refractivity contribution < 1.29 is 4.74 Å². The molecule has 0 aliphatic carbocycles. The van der Waals surface area contributed by atoms with E-state index in [1.165, 1.54) is 0 Å². The first-order chi connectivity index (χ1) is 8.77.